The second-order valence-corrected chi connectivity index (χ2v) is 11.3. The maximum atomic E-state index is 13.6. The number of esters is 1. The van der Waals surface area contributed by atoms with Gasteiger partial charge in [0.1, 0.15) is 24.6 Å². The van der Waals surface area contributed by atoms with Gasteiger partial charge in [0.2, 0.25) is 10.0 Å². The molecular formula is C24H28ClNO8S. The summed E-state index contributed by atoms with van der Waals surface area (Å²) in [5.41, 5.74) is 0.874. The first-order valence-corrected chi connectivity index (χ1v) is 12.9. The van der Waals surface area contributed by atoms with Gasteiger partial charge in [-0.1, -0.05) is 23.7 Å². The number of piperidine rings is 1. The molecule has 0 spiro atoms. The molecule has 2 aliphatic heterocycles. The first-order valence-electron chi connectivity index (χ1n) is 11.1. The van der Waals surface area contributed by atoms with Crippen LogP contribution in [-0.2, 0) is 35.6 Å². The second kappa shape index (κ2) is 10.0. The van der Waals surface area contributed by atoms with Crippen LogP contribution < -0.4 is 4.74 Å². The van der Waals surface area contributed by atoms with Crippen molar-refractivity contribution in [3.8, 4) is 5.75 Å². The van der Waals surface area contributed by atoms with E-state index >= 15 is 0 Å². The van der Waals surface area contributed by atoms with E-state index in [0.29, 0.717) is 10.8 Å². The lowest BCUT2D eigenvalue weighted by Crippen LogP contribution is -2.62. The topological polar surface area (TPSA) is 112 Å². The number of hydrogen-bond donors (Lipinski definition) is 1. The van der Waals surface area contributed by atoms with Crippen molar-refractivity contribution < 1.29 is 37.3 Å². The van der Waals surface area contributed by atoms with Crippen molar-refractivity contribution in [2.45, 2.75) is 61.9 Å². The van der Waals surface area contributed by atoms with Gasteiger partial charge in [-0.25, -0.2) is 8.42 Å². The maximum Gasteiger partial charge on any atom is 0.307 e. The number of hydrogen-bond acceptors (Lipinski definition) is 8. The highest BCUT2D eigenvalue weighted by atomic mass is 35.5. The van der Waals surface area contributed by atoms with E-state index < -0.39 is 46.1 Å². The molecule has 2 aliphatic rings. The predicted octanol–water partition coefficient (Wildman–Crippen LogP) is 2.74. The Labute approximate surface area is 209 Å². The zero-order valence-electron chi connectivity index (χ0n) is 19.6. The number of sulfonamides is 1. The Morgan fingerprint density at radius 1 is 1.17 bits per heavy atom. The number of aliphatic hydroxyl groups is 1. The van der Waals surface area contributed by atoms with Gasteiger partial charge in [-0.15, -0.1) is 0 Å². The van der Waals surface area contributed by atoms with Crippen LogP contribution in [0.4, 0.5) is 0 Å². The molecule has 190 valence electrons. The molecule has 0 unspecified atom stereocenters. The molecule has 0 radical (unpaired) electrons. The quantitative estimate of drug-likeness (QED) is 0.549. The number of aliphatic hydroxyl groups excluding tert-OH is 1. The van der Waals surface area contributed by atoms with E-state index in [2.05, 4.69) is 0 Å². The molecule has 2 fully saturated rings. The molecule has 35 heavy (non-hydrogen) atoms. The number of nitrogens with zero attached hydrogens (tertiary/aromatic N) is 1. The summed E-state index contributed by atoms with van der Waals surface area (Å²) in [4.78, 5) is 12.1. The first kappa shape index (κ1) is 25.9. The van der Waals surface area contributed by atoms with Gasteiger partial charge in [-0.05, 0) is 55.8 Å². The van der Waals surface area contributed by atoms with Crippen LogP contribution in [0.2, 0.25) is 5.02 Å². The summed E-state index contributed by atoms with van der Waals surface area (Å²) in [5, 5.41) is 11.3. The lowest BCUT2D eigenvalue weighted by Gasteiger charge is -2.42. The fourth-order valence-electron chi connectivity index (χ4n) is 4.38. The van der Waals surface area contributed by atoms with Crippen LogP contribution in [-0.4, -0.2) is 67.6 Å². The van der Waals surface area contributed by atoms with E-state index in [1.807, 2.05) is 12.1 Å². The third-order valence-electron chi connectivity index (χ3n) is 5.99. The third kappa shape index (κ3) is 5.63. The van der Waals surface area contributed by atoms with Gasteiger partial charge in [-0.3, -0.25) is 4.79 Å². The molecule has 0 aliphatic carbocycles. The monoisotopic (exact) mass is 525 g/mol. The molecule has 2 aromatic rings. The highest BCUT2D eigenvalue weighted by Crippen LogP contribution is 2.39. The van der Waals surface area contributed by atoms with Gasteiger partial charge in [0.25, 0.3) is 0 Å². The number of carbonyl (C=O) groups excluding carboxylic acids is 1. The van der Waals surface area contributed by atoms with Gasteiger partial charge in [0.15, 0.2) is 5.79 Å². The van der Waals surface area contributed by atoms with Crippen LogP contribution in [0.1, 0.15) is 25.8 Å². The number of rotatable bonds is 7. The number of β-amino-alcohol motifs (C(OH)–C–C–N with tert-alkyl or cyclic N) is 1. The van der Waals surface area contributed by atoms with Gasteiger partial charge in [0.05, 0.1) is 30.6 Å². The number of methoxy groups -OCH3 is 1. The largest absolute Gasteiger partial charge is 0.489 e. The van der Waals surface area contributed by atoms with Crippen molar-refractivity contribution in [1.29, 1.82) is 0 Å². The van der Waals surface area contributed by atoms with Crippen LogP contribution in [0.15, 0.2) is 53.4 Å². The maximum absolute atomic E-state index is 13.6. The molecule has 2 aromatic carbocycles. The van der Waals surface area contributed by atoms with E-state index in [9.17, 15) is 18.3 Å². The molecule has 2 saturated heterocycles. The zero-order valence-corrected chi connectivity index (χ0v) is 21.2. The zero-order chi connectivity index (χ0) is 25.4. The molecule has 0 amide bonds. The van der Waals surface area contributed by atoms with Crippen molar-refractivity contribution in [1.82, 2.24) is 4.31 Å². The predicted molar refractivity (Wildman–Crippen MR) is 126 cm³/mol. The van der Waals surface area contributed by atoms with Crippen molar-refractivity contribution in [2.75, 3.05) is 13.7 Å². The van der Waals surface area contributed by atoms with Crippen molar-refractivity contribution in [2.24, 2.45) is 0 Å². The minimum Gasteiger partial charge on any atom is -0.489 e. The minimum absolute atomic E-state index is 0.00806. The van der Waals surface area contributed by atoms with Crippen molar-refractivity contribution in [3.05, 3.63) is 59.1 Å². The summed E-state index contributed by atoms with van der Waals surface area (Å²) < 4.78 is 50.5. The van der Waals surface area contributed by atoms with E-state index in [0.717, 1.165) is 9.87 Å². The SMILES string of the molecule is COC(=O)C[C@@H]1[C@@H]2OC(C)(C)O[C@@H]2[C@H](O)CN1S(=O)(=O)c1ccc(OCc2cccc(Cl)c2)cc1. The molecule has 4 atom stereocenters. The summed E-state index contributed by atoms with van der Waals surface area (Å²) >= 11 is 5.99. The Hall–Kier alpha value is -2.21. The molecule has 0 aromatic heterocycles. The Kier molecular flexibility index (Phi) is 7.42. The molecule has 11 heteroatoms. The highest BCUT2D eigenvalue weighted by molar-refractivity contribution is 7.89. The number of ether oxygens (including phenoxy) is 4. The van der Waals surface area contributed by atoms with E-state index in [1.54, 1.807) is 38.1 Å². The summed E-state index contributed by atoms with van der Waals surface area (Å²) in [6.45, 7) is 3.36. The summed E-state index contributed by atoms with van der Waals surface area (Å²) in [6.07, 6.45) is -2.99. The standard InChI is InChI=1S/C24H28ClNO8S/c1-24(2)33-22-19(12-21(28)31-3)26(13-20(27)23(22)34-24)35(29,30)18-9-7-17(8-10-18)32-14-15-5-4-6-16(25)11-15/h4-11,19-20,22-23,27H,12-14H2,1-3H3/t19-,20-,22+,23-/m1/s1. The minimum atomic E-state index is -4.11. The van der Waals surface area contributed by atoms with Crippen LogP contribution in [0.5, 0.6) is 5.75 Å². The number of benzene rings is 2. The summed E-state index contributed by atoms with van der Waals surface area (Å²) in [5.74, 6) is -1.15. The van der Waals surface area contributed by atoms with Crippen LogP contribution in [0.25, 0.3) is 0 Å². The molecule has 9 nitrogen and oxygen atoms in total. The Morgan fingerprint density at radius 3 is 2.51 bits per heavy atom. The molecule has 1 N–H and O–H groups in total. The van der Waals surface area contributed by atoms with Gasteiger partial charge in [0, 0.05) is 11.6 Å². The average molecular weight is 526 g/mol. The Balaban J connectivity index is 1.56. The first-order chi connectivity index (χ1) is 16.5. The molecule has 2 heterocycles. The van der Waals surface area contributed by atoms with Gasteiger partial charge in [-0.2, -0.15) is 4.31 Å². The second-order valence-electron chi connectivity index (χ2n) is 8.94. The Morgan fingerprint density at radius 2 is 1.86 bits per heavy atom. The lowest BCUT2D eigenvalue weighted by molar-refractivity contribution is -0.154. The van der Waals surface area contributed by atoms with Crippen LogP contribution in [0.3, 0.4) is 0 Å². The Bertz CT molecular complexity index is 1170. The van der Waals surface area contributed by atoms with E-state index in [1.165, 1.54) is 19.2 Å². The van der Waals surface area contributed by atoms with Gasteiger partial charge < -0.3 is 24.1 Å². The summed E-state index contributed by atoms with van der Waals surface area (Å²) in [6, 6.07) is 12.3. The third-order valence-corrected chi connectivity index (χ3v) is 8.13. The number of carbonyl (C=O) groups is 1. The summed E-state index contributed by atoms with van der Waals surface area (Å²) in [7, 11) is -2.88. The average Bonchev–Trinajstić information content (AvgIpc) is 3.15. The lowest BCUT2D eigenvalue weighted by atomic mass is 9.94. The van der Waals surface area contributed by atoms with Crippen LogP contribution in [0, 0.1) is 0 Å². The van der Waals surface area contributed by atoms with E-state index in [-0.39, 0.29) is 24.5 Å². The fourth-order valence-corrected chi connectivity index (χ4v) is 6.25. The van der Waals surface area contributed by atoms with Crippen molar-refractivity contribution in [3.63, 3.8) is 0 Å². The highest BCUT2D eigenvalue weighted by Gasteiger charge is 2.56. The number of halogens is 1. The van der Waals surface area contributed by atoms with Gasteiger partial charge >= 0.3 is 5.97 Å². The van der Waals surface area contributed by atoms with Crippen molar-refractivity contribution >= 4 is 27.6 Å². The smallest absolute Gasteiger partial charge is 0.307 e. The van der Waals surface area contributed by atoms with E-state index in [4.69, 9.17) is 30.5 Å². The molecule has 0 bridgehead atoms. The molecule has 4 rings (SSSR count). The van der Waals surface area contributed by atoms with Crippen LogP contribution >= 0.6 is 11.6 Å². The number of fused-ring (bicyclic) bond motifs is 1. The molecule has 0 saturated carbocycles. The fraction of sp³-hybridized carbons (Fsp3) is 0.458. The molecular weight excluding hydrogens is 498 g/mol. The normalized spacial score (nSPS) is 26.2.